The van der Waals surface area contributed by atoms with Crippen LogP contribution in [0.2, 0.25) is 0 Å². The number of hydrogen-bond acceptors (Lipinski definition) is 7. The predicted molar refractivity (Wildman–Crippen MR) is 173 cm³/mol. The Labute approximate surface area is 262 Å². The van der Waals surface area contributed by atoms with Crippen molar-refractivity contribution in [2.75, 3.05) is 12.8 Å². The van der Waals surface area contributed by atoms with Crippen LogP contribution in [0.3, 0.4) is 0 Å². The molecule has 0 aromatic heterocycles. The highest BCUT2D eigenvalue weighted by atomic mass is 127. The molecule has 208 valence electrons. The van der Waals surface area contributed by atoms with E-state index in [0.717, 1.165) is 12.8 Å². The minimum absolute atomic E-state index is 0.122. The molecule has 2 saturated heterocycles. The summed E-state index contributed by atoms with van der Waals surface area (Å²) in [6.45, 7) is 17.1. The lowest BCUT2D eigenvalue weighted by Gasteiger charge is -2.53. The molecule has 2 aliphatic heterocycles. The van der Waals surface area contributed by atoms with Gasteiger partial charge in [-0.25, -0.2) is 9.59 Å². The van der Waals surface area contributed by atoms with Crippen LogP contribution >= 0.6 is 67.8 Å². The number of piperidine rings is 2. The van der Waals surface area contributed by atoms with Gasteiger partial charge in [0.15, 0.2) is 0 Å². The van der Waals surface area contributed by atoms with Gasteiger partial charge in [0.25, 0.3) is 0 Å². The number of esters is 2. The molecule has 0 saturated carbocycles. The van der Waals surface area contributed by atoms with Gasteiger partial charge in [0.05, 0.1) is 24.0 Å². The quantitative estimate of drug-likeness (QED) is 0.207. The van der Waals surface area contributed by atoms with Crippen LogP contribution < -0.4 is 11.1 Å². The summed E-state index contributed by atoms with van der Waals surface area (Å²) in [5.74, 6) is -0.901. The van der Waals surface area contributed by atoms with Crippen molar-refractivity contribution >= 4 is 85.4 Å². The normalized spacial score (nSPS) is 23.5. The van der Waals surface area contributed by atoms with Gasteiger partial charge < -0.3 is 20.5 Å². The zero-order valence-corrected chi connectivity index (χ0v) is 29.7. The van der Waals surface area contributed by atoms with E-state index >= 15 is 0 Å². The second-order valence-electron chi connectivity index (χ2n) is 13.1. The molecule has 37 heavy (non-hydrogen) atoms. The van der Waals surface area contributed by atoms with Crippen molar-refractivity contribution in [2.45, 2.75) is 115 Å². The number of likely N-dealkylation sites (tertiary alicyclic amines) is 1. The maximum Gasteiger partial charge on any atom is 0.340 e. The van der Waals surface area contributed by atoms with Gasteiger partial charge in [-0.2, -0.15) is 0 Å². The summed E-state index contributed by atoms with van der Waals surface area (Å²) in [7, 11) is 2.12. The second-order valence-corrected chi connectivity index (χ2v) is 16.3. The topological polar surface area (TPSA) is 93.9 Å². The molecule has 0 amide bonds. The number of ether oxygens (including phenoxy) is 2. The first-order valence-electron chi connectivity index (χ1n) is 12.6. The van der Waals surface area contributed by atoms with Gasteiger partial charge in [-0.1, -0.05) is 0 Å². The summed E-state index contributed by atoms with van der Waals surface area (Å²) in [6, 6.07) is 0. The van der Waals surface area contributed by atoms with Crippen LogP contribution in [0.4, 0.5) is 5.69 Å². The zero-order valence-electron chi connectivity index (χ0n) is 23.3. The summed E-state index contributed by atoms with van der Waals surface area (Å²) < 4.78 is 13.9. The van der Waals surface area contributed by atoms with Gasteiger partial charge in [0, 0.05) is 51.4 Å². The molecule has 1 aromatic carbocycles. The Kier molecular flexibility index (Phi) is 9.23. The molecule has 0 bridgehead atoms. The fraction of sp³-hybridized carbons (Fsp3) is 0.704. The van der Waals surface area contributed by atoms with Crippen molar-refractivity contribution in [2.24, 2.45) is 0 Å². The fourth-order valence-corrected chi connectivity index (χ4v) is 10.2. The summed E-state index contributed by atoms with van der Waals surface area (Å²) in [5, 5.41) is 3.61. The molecular formula is C27H40I3N3O4. The Hall–Kier alpha value is 0.0700. The van der Waals surface area contributed by atoms with E-state index < -0.39 is 11.9 Å². The van der Waals surface area contributed by atoms with Crippen LogP contribution in [-0.2, 0) is 9.47 Å². The van der Waals surface area contributed by atoms with Gasteiger partial charge in [0.2, 0.25) is 0 Å². The van der Waals surface area contributed by atoms with Crippen molar-refractivity contribution in [3.05, 3.63) is 21.8 Å². The van der Waals surface area contributed by atoms with Crippen molar-refractivity contribution in [3.63, 3.8) is 0 Å². The minimum atomic E-state index is -0.453. The van der Waals surface area contributed by atoms with Gasteiger partial charge in [-0.05, 0) is 130 Å². The molecule has 0 unspecified atom stereocenters. The molecule has 1 aromatic rings. The number of nitrogens with zero attached hydrogens (tertiary/aromatic N) is 1. The molecule has 0 spiro atoms. The number of carbonyl (C=O) groups excluding carboxylic acids is 2. The van der Waals surface area contributed by atoms with E-state index in [-0.39, 0.29) is 34.4 Å². The number of benzene rings is 1. The molecular weight excluding hydrogens is 811 g/mol. The molecule has 7 nitrogen and oxygen atoms in total. The first-order valence-corrected chi connectivity index (χ1v) is 15.8. The molecule has 0 aliphatic carbocycles. The number of nitrogen functional groups attached to an aromatic ring is 1. The van der Waals surface area contributed by atoms with Crippen molar-refractivity contribution in [1.29, 1.82) is 0 Å². The van der Waals surface area contributed by atoms with Crippen LogP contribution in [0.1, 0.15) is 102 Å². The lowest BCUT2D eigenvalue weighted by molar-refractivity contribution is -0.0732. The average molecular weight is 851 g/mol. The maximum atomic E-state index is 13.6. The zero-order chi connectivity index (χ0) is 28.3. The third kappa shape index (κ3) is 6.87. The first-order chi connectivity index (χ1) is 16.7. The van der Waals surface area contributed by atoms with Crippen LogP contribution in [0, 0.1) is 10.7 Å². The Bertz CT molecular complexity index is 1070. The second kappa shape index (κ2) is 10.8. The van der Waals surface area contributed by atoms with E-state index in [1.807, 2.05) is 0 Å². The van der Waals surface area contributed by atoms with E-state index in [4.69, 9.17) is 15.2 Å². The van der Waals surface area contributed by atoms with E-state index in [2.05, 4.69) is 140 Å². The summed E-state index contributed by atoms with van der Waals surface area (Å²) in [5.41, 5.74) is 6.94. The molecule has 3 rings (SSSR count). The molecule has 0 radical (unpaired) electrons. The van der Waals surface area contributed by atoms with E-state index in [9.17, 15) is 9.59 Å². The molecule has 10 heteroatoms. The number of nitrogens with two attached hydrogens (primary N) is 1. The van der Waals surface area contributed by atoms with Crippen LogP contribution in [0.5, 0.6) is 0 Å². The lowest BCUT2D eigenvalue weighted by Crippen LogP contribution is -2.60. The molecule has 2 aliphatic rings. The average Bonchev–Trinajstić information content (AvgIpc) is 2.67. The highest BCUT2D eigenvalue weighted by Crippen LogP contribution is 2.40. The van der Waals surface area contributed by atoms with Crippen LogP contribution in [-0.4, -0.2) is 58.2 Å². The first kappa shape index (κ1) is 31.6. The Morgan fingerprint density at radius 1 is 0.757 bits per heavy atom. The van der Waals surface area contributed by atoms with Crippen molar-refractivity contribution in [3.8, 4) is 0 Å². The maximum absolute atomic E-state index is 13.6. The standard InChI is InChI=1S/C27H40I3N3O4/c1-24(2)10-14(11-25(3,4)32-24)36-22(34)16-18(28)17(20(30)21(31)19(16)29)23(35)37-15-12-26(5,6)33(9)27(7,8)13-15/h14-15,32H,10-13,31H2,1-9H3. The molecule has 0 atom stereocenters. The van der Waals surface area contributed by atoms with E-state index in [1.165, 1.54) is 0 Å². The Balaban J connectivity index is 1.91. The molecule has 2 heterocycles. The highest BCUT2D eigenvalue weighted by molar-refractivity contribution is 14.1. The smallest absolute Gasteiger partial charge is 0.340 e. The Morgan fingerprint density at radius 2 is 1.11 bits per heavy atom. The van der Waals surface area contributed by atoms with Crippen molar-refractivity contribution < 1.29 is 19.1 Å². The number of anilines is 1. The summed E-state index contributed by atoms with van der Waals surface area (Å²) in [6.07, 6.45) is 2.36. The van der Waals surface area contributed by atoms with E-state index in [0.29, 0.717) is 40.4 Å². The summed E-state index contributed by atoms with van der Waals surface area (Å²) >= 11 is 6.23. The fourth-order valence-electron chi connectivity index (χ4n) is 6.14. The molecule has 2 fully saturated rings. The molecule has 3 N–H and O–H groups in total. The number of rotatable bonds is 4. The van der Waals surface area contributed by atoms with Crippen LogP contribution in [0.15, 0.2) is 0 Å². The Morgan fingerprint density at radius 3 is 1.49 bits per heavy atom. The third-order valence-electron chi connectivity index (χ3n) is 7.73. The van der Waals surface area contributed by atoms with Crippen molar-refractivity contribution in [1.82, 2.24) is 10.2 Å². The number of carbonyl (C=O) groups is 2. The van der Waals surface area contributed by atoms with Crippen LogP contribution in [0.25, 0.3) is 0 Å². The lowest BCUT2D eigenvalue weighted by atomic mass is 9.79. The largest absolute Gasteiger partial charge is 0.459 e. The van der Waals surface area contributed by atoms with Gasteiger partial charge in [-0.15, -0.1) is 0 Å². The minimum Gasteiger partial charge on any atom is -0.459 e. The van der Waals surface area contributed by atoms with Gasteiger partial charge in [-0.3, -0.25) is 4.90 Å². The monoisotopic (exact) mass is 851 g/mol. The highest BCUT2D eigenvalue weighted by Gasteiger charge is 2.45. The number of halogens is 3. The van der Waals surface area contributed by atoms with Gasteiger partial charge >= 0.3 is 11.9 Å². The SMILES string of the molecule is CN1C(C)(C)CC(OC(=O)c2c(I)c(N)c(I)c(C(=O)OC3CC(C)(C)NC(C)(C)C3)c2I)CC1(C)C. The predicted octanol–water partition coefficient (Wildman–Crippen LogP) is 6.36. The number of nitrogens with one attached hydrogen (secondary N) is 1. The van der Waals surface area contributed by atoms with Gasteiger partial charge in [0.1, 0.15) is 12.2 Å². The number of hydrogen-bond donors (Lipinski definition) is 2. The summed E-state index contributed by atoms with van der Waals surface area (Å²) in [4.78, 5) is 29.5. The van der Waals surface area contributed by atoms with E-state index in [1.54, 1.807) is 0 Å². The third-order valence-corrected chi connectivity index (χ3v) is 11.0.